The minimum atomic E-state index is 0.0483. The van der Waals surface area contributed by atoms with E-state index in [1.54, 1.807) is 0 Å². The van der Waals surface area contributed by atoms with Gasteiger partial charge in [0.25, 0.3) is 0 Å². The van der Waals surface area contributed by atoms with Gasteiger partial charge in [-0.2, -0.15) is 0 Å². The van der Waals surface area contributed by atoms with Crippen LogP contribution in [0.3, 0.4) is 0 Å². The molecule has 0 rings (SSSR count). The van der Waals surface area contributed by atoms with Crippen molar-refractivity contribution >= 4 is 5.91 Å². The molecule has 0 aromatic heterocycles. The molecule has 1 N–H and O–H groups in total. The molecule has 0 aliphatic heterocycles. The molecule has 0 saturated carbocycles. The number of hydrogen-bond donors (Lipinski definition) is 1. The van der Waals surface area contributed by atoms with E-state index >= 15 is 0 Å². The molecular formula is C17H15NO. The Morgan fingerprint density at radius 2 is 1.68 bits per heavy atom. The second-order valence-corrected chi connectivity index (χ2v) is 3.55. The standard InChI is InChI=1S/C17H15NO/c1-4-6-7-8-9-10-11-12-13-14-15-18-17(19)16(3)5-2/h1,16H,5,14-15H2,2-3H3,(H,18,19). The molecule has 0 aliphatic carbocycles. The summed E-state index contributed by atoms with van der Waals surface area (Å²) in [5.41, 5.74) is 0. The number of terminal acetylenes is 1. The molecule has 0 spiro atoms. The number of amides is 1. The maximum Gasteiger partial charge on any atom is 0.222 e. The van der Waals surface area contributed by atoms with Gasteiger partial charge in [0.1, 0.15) is 0 Å². The molecule has 0 radical (unpaired) electrons. The molecule has 1 amide bonds. The molecule has 0 bridgehead atoms. The van der Waals surface area contributed by atoms with E-state index in [-0.39, 0.29) is 11.8 Å². The molecule has 0 fully saturated rings. The molecule has 1 atom stereocenters. The van der Waals surface area contributed by atoms with Crippen LogP contribution in [0, 0.1) is 65.6 Å². The molecular weight excluding hydrogens is 234 g/mol. The summed E-state index contributed by atoms with van der Waals surface area (Å²) in [6.45, 7) is 4.42. The van der Waals surface area contributed by atoms with E-state index in [9.17, 15) is 4.79 Å². The summed E-state index contributed by atoms with van der Waals surface area (Å²) in [6.07, 6.45) is 6.31. The summed E-state index contributed by atoms with van der Waals surface area (Å²) in [7, 11) is 0. The summed E-state index contributed by atoms with van der Waals surface area (Å²) in [5.74, 6) is 22.6. The number of carbonyl (C=O) groups excluding carboxylic acids is 1. The van der Waals surface area contributed by atoms with Gasteiger partial charge >= 0.3 is 0 Å². The van der Waals surface area contributed by atoms with Crippen molar-refractivity contribution in [3.05, 3.63) is 0 Å². The minimum absolute atomic E-state index is 0.0483. The van der Waals surface area contributed by atoms with Crippen molar-refractivity contribution in [1.29, 1.82) is 0 Å². The number of hydrogen-bond acceptors (Lipinski definition) is 1. The van der Waals surface area contributed by atoms with E-state index in [2.05, 4.69) is 58.6 Å². The Kier molecular flexibility index (Phi) is 10.1. The van der Waals surface area contributed by atoms with Gasteiger partial charge in [-0.25, -0.2) is 0 Å². The lowest BCUT2D eigenvalue weighted by molar-refractivity contribution is -0.124. The molecule has 1 unspecified atom stereocenters. The largest absolute Gasteiger partial charge is 0.355 e. The second kappa shape index (κ2) is 11.7. The van der Waals surface area contributed by atoms with Gasteiger partial charge in [-0.3, -0.25) is 4.79 Å². The van der Waals surface area contributed by atoms with Gasteiger partial charge in [0, 0.05) is 18.9 Å². The van der Waals surface area contributed by atoms with Gasteiger partial charge < -0.3 is 5.32 Å². The topological polar surface area (TPSA) is 29.1 Å². The number of rotatable bonds is 4. The Labute approximate surface area is 115 Å². The van der Waals surface area contributed by atoms with Crippen molar-refractivity contribution in [2.24, 2.45) is 5.92 Å². The Morgan fingerprint density at radius 3 is 2.26 bits per heavy atom. The highest BCUT2D eigenvalue weighted by molar-refractivity contribution is 5.78. The maximum atomic E-state index is 11.4. The van der Waals surface area contributed by atoms with Crippen molar-refractivity contribution in [1.82, 2.24) is 5.32 Å². The summed E-state index contributed by atoms with van der Waals surface area (Å²) in [6, 6.07) is 0. The zero-order valence-corrected chi connectivity index (χ0v) is 11.2. The van der Waals surface area contributed by atoms with Crippen LogP contribution in [0.25, 0.3) is 0 Å². The average molecular weight is 249 g/mol. The first-order chi connectivity index (χ1) is 9.22. The quantitative estimate of drug-likeness (QED) is 0.588. The summed E-state index contributed by atoms with van der Waals surface area (Å²) < 4.78 is 0. The van der Waals surface area contributed by atoms with E-state index < -0.39 is 0 Å². The molecule has 0 saturated heterocycles. The van der Waals surface area contributed by atoms with Crippen LogP contribution in [-0.4, -0.2) is 12.5 Å². The van der Waals surface area contributed by atoms with E-state index in [0.717, 1.165) is 6.42 Å². The predicted octanol–water partition coefficient (Wildman–Crippen LogP) is 1.19. The van der Waals surface area contributed by atoms with Gasteiger partial charge in [0.05, 0.1) is 0 Å². The van der Waals surface area contributed by atoms with Crippen molar-refractivity contribution in [3.8, 4) is 59.7 Å². The fourth-order valence-electron chi connectivity index (χ4n) is 0.907. The van der Waals surface area contributed by atoms with E-state index in [1.165, 1.54) is 0 Å². The molecule has 0 aromatic carbocycles. The first-order valence-corrected chi connectivity index (χ1v) is 5.93. The first-order valence-electron chi connectivity index (χ1n) is 5.93. The van der Waals surface area contributed by atoms with Crippen LogP contribution >= 0.6 is 0 Å². The van der Waals surface area contributed by atoms with Crippen LogP contribution in [0.5, 0.6) is 0 Å². The van der Waals surface area contributed by atoms with Crippen molar-refractivity contribution in [2.45, 2.75) is 26.7 Å². The fourth-order valence-corrected chi connectivity index (χ4v) is 0.907. The van der Waals surface area contributed by atoms with Crippen LogP contribution < -0.4 is 5.32 Å². The highest BCUT2D eigenvalue weighted by atomic mass is 16.1. The number of carbonyl (C=O) groups is 1. The lowest BCUT2D eigenvalue weighted by atomic mass is 10.1. The van der Waals surface area contributed by atoms with Crippen LogP contribution in [-0.2, 0) is 4.79 Å². The van der Waals surface area contributed by atoms with Gasteiger partial charge in [-0.1, -0.05) is 19.8 Å². The molecule has 2 nitrogen and oxygen atoms in total. The lowest BCUT2D eigenvalue weighted by Crippen LogP contribution is -2.29. The lowest BCUT2D eigenvalue weighted by Gasteiger charge is -2.07. The van der Waals surface area contributed by atoms with E-state index in [4.69, 9.17) is 6.42 Å². The zero-order valence-electron chi connectivity index (χ0n) is 11.2. The van der Waals surface area contributed by atoms with Crippen molar-refractivity contribution < 1.29 is 4.79 Å². The van der Waals surface area contributed by atoms with Crippen LogP contribution in [0.4, 0.5) is 0 Å². The smallest absolute Gasteiger partial charge is 0.222 e. The van der Waals surface area contributed by atoms with Crippen LogP contribution in [0.15, 0.2) is 0 Å². The van der Waals surface area contributed by atoms with Gasteiger partial charge in [0.15, 0.2) is 0 Å². The van der Waals surface area contributed by atoms with Gasteiger partial charge in [0.2, 0.25) is 5.91 Å². The Hall–Kier alpha value is -2.73. The summed E-state index contributed by atoms with van der Waals surface area (Å²) in [4.78, 5) is 11.4. The third kappa shape index (κ3) is 10.2. The third-order valence-corrected chi connectivity index (χ3v) is 2.14. The van der Waals surface area contributed by atoms with Crippen molar-refractivity contribution in [3.63, 3.8) is 0 Å². The normalized spacial score (nSPS) is 8.47. The Balaban J connectivity index is 3.89. The molecule has 0 aromatic rings. The average Bonchev–Trinajstić information content (AvgIpc) is 2.43. The van der Waals surface area contributed by atoms with E-state index in [1.807, 2.05) is 13.8 Å². The monoisotopic (exact) mass is 249 g/mol. The highest BCUT2D eigenvalue weighted by Crippen LogP contribution is 1.98. The maximum absolute atomic E-state index is 11.4. The van der Waals surface area contributed by atoms with Gasteiger partial charge in [-0.15, -0.1) is 6.42 Å². The molecule has 94 valence electrons. The molecule has 0 aliphatic rings. The minimum Gasteiger partial charge on any atom is -0.355 e. The highest BCUT2D eigenvalue weighted by Gasteiger charge is 2.07. The van der Waals surface area contributed by atoms with Crippen LogP contribution in [0.2, 0.25) is 0 Å². The van der Waals surface area contributed by atoms with Crippen molar-refractivity contribution in [2.75, 3.05) is 6.54 Å². The Bertz CT molecular complexity index is 577. The summed E-state index contributed by atoms with van der Waals surface area (Å²) >= 11 is 0. The van der Waals surface area contributed by atoms with Gasteiger partial charge in [-0.05, 0) is 53.8 Å². The second-order valence-electron chi connectivity index (χ2n) is 3.55. The molecule has 19 heavy (non-hydrogen) atoms. The predicted molar refractivity (Wildman–Crippen MR) is 77.0 cm³/mol. The fraction of sp³-hybridized carbons (Fsp3) is 0.353. The van der Waals surface area contributed by atoms with Crippen LogP contribution in [0.1, 0.15) is 26.7 Å². The molecule has 0 heterocycles. The number of nitrogens with one attached hydrogen (secondary N) is 1. The molecule has 2 heteroatoms. The van der Waals surface area contributed by atoms with E-state index in [0.29, 0.717) is 13.0 Å². The Morgan fingerprint density at radius 1 is 1.11 bits per heavy atom. The summed E-state index contributed by atoms with van der Waals surface area (Å²) in [5, 5.41) is 2.80. The first kappa shape index (κ1) is 16.3. The SMILES string of the molecule is C#CC#CC#CC#CC#CCCNC(=O)C(C)CC. The zero-order chi connectivity index (χ0) is 14.3. The third-order valence-electron chi connectivity index (χ3n) is 2.14.